The van der Waals surface area contributed by atoms with Crippen molar-refractivity contribution in [2.24, 2.45) is 0 Å². The van der Waals surface area contributed by atoms with Gasteiger partial charge in [0.2, 0.25) is 0 Å². The third-order valence-corrected chi connectivity index (χ3v) is 3.93. The van der Waals surface area contributed by atoms with Crippen molar-refractivity contribution in [2.75, 3.05) is 5.32 Å². The van der Waals surface area contributed by atoms with E-state index in [1.54, 1.807) is 0 Å². The minimum Gasteiger partial charge on any atom is -0.491 e. The molecule has 24 heavy (non-hydrogen) atoms. The molecule has 0 aliphatic heterocycles. The first-order valence-corrected chi connectivity index (χ1v) is 8.67. The van der Waals surface area contributed by atoms with Crippen molar-refractivity contribution in [3.63, 3.8) is 0 Å². The van der Waals surface area contributed by atoms with Crippen molar-refractivity contribution in [3.05, 3.63) is 59.2 Å². The standard InChI is InChI=1S/C20H26N2OS/c1-13(2)23-18-8-6-7-17(12-18)22-20(24)21-16(5)19-11-14(3)9-10-15(19)4/h6-13,16H,1-5H3,(H2,21,22,24)/t16-/m0/s1. The van der Waals surface area contributed by atoms with Crippen LogP contribution in [0.3, 0.4) is 0 Å². The number of hydrogen-bond donors (Lipinski definition) is 2. The van der Waals surface area contributed by atoms with Gasteiger partial charge in [0.25, 0.3) is 0 Å². The van der Waals surface area contributed by atoms with Crippen molar-refractivity contribution in [1.82, 2.24) is 5.32 Å². The Morgan fingerprint density at radius 1 is 1.04 bits per heavy atom. The highest BCUT2D eigenvalue weighted by Crippen LogP contribution is 2.21. The largest absolute Gasteiger partial charge is 0.491 e. The van der Waals surface area contributed by atoms with E-state index in [1.807, 2.05) is 38.1 Å². The summed E-state index contributed by atoms with van der Waals surface area (Å²) < 4.78 is 5.71. The van der Waals surface area contributed by atoms with Gasteiger partial charge in [0.05, 0.1) is 12.1 Å². The van der Waals surface area contributed by atoms with Crippen LogP contribution in [-0.2, 0) is 0 Å². The maximum absolute atomic E-state index is 5.71. The van der Waals surface area contributed by atoms with Crippen LogP contribution in [0.25, 0.3) is 0 Å². The topological polar surface area (TPSA) is 33.3 Å². The van der Waals surface area contributed by atoms with Crippen LogP contribution in [-0.4, -0.2) is 11.2 Å². The lowest BCUT2D eigenvalue weighted by atomic mass is 10.0. The molecule has 128 valence electrons. The lowest BCUT2D eigenvalue weighted by Gasteiger charge is -2.20. The van der Waals surface area contributed by atoms with Crippen LogP contribution < -0.4 is 15.4 Å². The average molecular weight is 343 g/mol. The first-order chi connectivity index (χ1) is 11.3. The molecule has 0 saturated carbocycles. The molecule has 0 saturated heterocycles. The van der Waals surface area contributed by atoms with E-state index in [2.05, 4.69) is 49.6 Å². The van der Waals surface area contributed by atoms with E-state index in [0.29, 0.717) is 5.11 Å². The Morgan fingerprint density at radius 2 is 1.79 bits per heavy atom. The Morgan fingerprint density at radius 3 is 2.50 bits per heavy atom. The number of rotatable bonds is 5. The van der Waals surface area contributed by atoms with E-state index in [-0.39, 0.29) is 12.1 Å². The summed E-state index contributed by atoms with van der Waals surface area (Å²) in [4.78, 5) is 0. The summed E-state index contributed by atoms with van der Waals surface area (Å²) in [6.45, 7) is 10.4. The molecular formula is C20H26N2OS. The van der Waals surface area contributed by atoms with E-state index >= 15 is 0 Å². The molecule has 0 radical (unpaired) electrons. The lowest BCUT2D eigenvalue weighted by Crippen LogP contribution is -2.31. The molecule has 0 heterocycles. The Kier molecular flexibility index (Phi) is 6.21. The van der Waals surface area contributed by atoms with Gasteiger partial charge in [-0.1, -0.05) is 29.8 Å². The third kappa shape index (κ3) is 5.24. The predicted molar refractivity (Wildman–Crippen MR) is 106 cm³/mol. The third-order valence-electron chi connectivity index (χ3n) is 3.71. The van der Waals surface area contributed by atoms with Gasteiger partial charge in [-0.25, -0.2) is 0 Å². The molecule has 0 aliphatic carbocycles. The molecule has 0 aliphatic rings. The maximum atomic E-state index is 5.71. The number of nitrogens with one attached hydrogen (secondary N) is 2. The van der Waals surface area contributed by atoms with Gasteiger partial charge >= 0.3 is 0 Å². The van der Waals surface area contributed by atoms with Crippen LogP contribution in [0.4, 0.5) is 5.69 Å². The van der Waals surface area contributed by atoms with Crippen molar-refractivity contribution in [3.8, 4) is 5.75 Å². The monoisotopic (exact) mass is 342 g/mol. The smallest absolute Gasteiger partial charge is 0.171 e. The van der Waals surface area contributed by atoms with E-state index in [9.17, 15) is 0 Å². The van der Waals surface area contributed by atoms with Gasteiger partial charge in [0.15, 0.2) is 5.11 Å². The number of anilines is 1. The molecule has 2 aromatic rings. The number of benzene rings is 2. The zero-order valence-corrected chi connectivity index (χ0v) is 15.8. The highest BCUT2D eigenvalue weighted by Gasteiger charge is 2.10. The lowest BCUT2D eigenvalue weighted by molar-refractivity contribution is 0.242. The van der Waals surface area contributed by atoms with Crippen molar-refractivity contribution in [2.45, 2.75) is 46.8 Å². The molecule has 0 fully saturated rings. The summed E-state index contributed by atoms with van der Waals surface area (Å²) in [6.07, 6.45) is 0.148. The molecule has 3 nitrogen and oxygen atoms in total. The average Bonchev–Trinajstić information content (AvgIpc) is 2.49. The molecule has 0 unspecified atom stereocenters. The van der Waals surface area contributed by atoms with Gasteiger partial charge in [0.1, 0.15) is 5.75 Å². The van der Waals surface area contributed by atoms with Crippen LogP contribution in [0.15, 0.2) is 42.5 Å². The molecule has 2 N–H and O–H groups in total. The van der Waals surface area contributed by atoms with Crippen LogP contribution in [0.2, 0.25) is 0 Å². The zero-order chi connectivity index (χ0) is 17.7. The Hall–Kier alpha value is -2.07. The first-order valence-electron chi connectivity index (χ1n) is 8.26. The van der Waals surface area contributed by atoms with Gasteiger partial charge in [0, 0.05) is 11.8 Å². The van der Waals surface area contributed by atoms with Crippen molar-refractivity contribution in [1.29, 1.82) is 0 Å². The first kappa shape index (κ1) is 18.3. The molecule has 0 aromatic heterocycles. The quantitative estimate of drug-likeness (QED) is 0.737. The second-order valence-corrected chi connectivity index (χ2v) is 6.78. The fraction of sp³-hybridized carbons (Fsp3) is 0.350. The summed E-state index contributed by atoms with van der Waals surface area (Å²) in [7, 11) is 0. The SMILES string of the molecule is Cc1ccc(C)c([C@H](C)NC(=S)Nc2cccc(OC(C)C)c2)c1. The Labute approximate surface area is 150 Å². The summed E-state index contributed by atoms with van der Waals surface area (Å²) in [5.41, 5.74) is 4.69. The molecule has 1 atom stereocenters. The van der Waals surface area contributed by atoms with Crippen LogP contribution in [0.1, 0.15) is 43.5 Å². The van der Waals surface area contributed by atoms with E-state index in [4.69, 9.17) is 17.0 Å². The van der Waals surface area contributed by atoms with Gasteiger partial charge in [-0.3, -0.25) is 0 Å². The van der Waals surface area contributed by atoms with Gasteiger partial charge in [-0.2, -0.15) is 0 Å². The molecule has 4 heteroatoms. The normalized spacial score (nSPS) is 11.9. The van der Waals surface area contributed by atoms with Crippen LogP contribution in [0.5, 0.6) is 5.75 Å². The summed E-state index contributed by atoms with van der Waals surface area (Å²) in [6, 6.07) is 14.4. The molecule has 0 spiro atoms. The predicted octanol–water partition coefficient (Wildman–Crippen LogP) is 5.14. The minimum absolute atomic E-state index is 0.139. The zero-order valence-electron chi connectivity index (χ0n) is 15.0. The molecule has 2 rings (SSSR count). The van der Waals surface area contributed by atoms with Crippen LogP contribution in [0, 0.1) is 13.8 Å². The van der Waals surface area contributed by atoms with E-state index in [0.717, 1.165) is 11.4 Å². The fourth-order valence-corrected chi connectivity index (χ4v) is 2.88. The summed E-state index contributed by atoms with van der Waals surface area (Å²) in [5.74, 6) is 0.834. The molecule has 2 aromatic carbocycles. The number of aryl methyl sites for hydroxylation is 2. The second-order valence-electron chi connectivity index (χ2n) is 6.37. The van der Waals surface area contributed by atoms with Crippen LogP contribution >= 0.6 is 12.2 Å². The summed E-state index contributed by atoms with van der Waals surface area (Å²) >= 11 is 5.46. The Bertz CT molecular complexity index is 713. The van der Waals surface area contributed by atoms with E-state index < -0.39 is 0 Å². The summed E-state index contributed by atoms with van der Waals surface area (Å²) in [5, 5.41) is 7.19. The molecule has 0 amide bonds. The number of hydrogen-bond acceptors (Lipinski definition) is 2. The van der Waals surface area contributed by atoms with Gasteiger partial charge in [-0.05, 0) is 70.1 Å². The highest BCUT2D eigenvalue weighted by molar-refractivity contribution is 7.80. The Balaban J connectivity index is 2.01. The van der Waals surface area contributed by atoms with Gasteiger partial charge < -0.3 is 15.4 Å². The highest BCUT2D eigenvalue weighted by atomic mass is 32.1. The molecular weight excluding hydrogens is 316 g/mol. The van der Waals surface area contributed by atoms with Crippen molar-refractivity contribution >= 4 is 23.0 Å². The number of thiocarbonyl (C=S) groups is 1. The molecule has 0 bridgehead atoms. The number of ether oxygens (including phenoxy) is 1. The second kappa shape index (κ2) is 8.15. The minimum atomic E-state index is 0.139. The maximum Gasteiger partial charge on any atom is 0.171 e. The fourth-order valence-electron chi connectivity index (χ4n) is 2.59. The van der Waals surface area contributed by atoms with Crippen molar-refractivity contribution < 1.29 is 4.74 Å². The van der Waals surface area contributed by atoms with E-state index in [1.165, 1.54) is 16.7 Å². The van der Waals surface area contributed by atoms with Gasteiger partial charge in [-0.15, -0.1) is 0 Å².